The fourth-order valence-electron chi connectivity index (χ4n) is 3.55. The molecule has 0 spiro atoms. The molecule has 2 atom stereocenters. The van der Waals surface area contributed by atoms with Gasteiger partial charge >= 0.3 is 43.9 Å². The zero-order valence-electron chi connectivity index (χ0n) is 18.9. The van der Waals surface area contributed by atoms with E-state index in [1.165, 1.54) is 12.1 Å². The van der Waals surface area contributed by atoms with E-state index in [1.54, 1.807) is 0 Å². The van der Waals surface area contributed by atoms with Crippen molar-refractivity contribution in [2.45, 2.75) is 51.8 Å². The van der Waals surface area contributed by atoms with Gasteiger partial charge < -0.3 is 24.5 Å². The molecule has 0 amide bonds. The number of benzene rings is 1. The van der Waals surface area contributed by atoms with Gasteiger partial charge in [-0.2, -0.15) is 13.2 Å². The Morgan fingerprint density at radius 2 is 1.94 bits per heavy atom. The molecular weight excluding hydrogens is 470 g/mol. The van der Waals surface area contributed by atoms with Crippen molar-refractivity contribution >= 4 is 30.5 Å². The Labute approximate surface area is 220 Å². The van der Waals surface area contributed by atoms with Gasteiger partial charge in [-0.1, -0.05) is 37.4 Å². The van der Waals surface area contributed by atoms with Crippen molar-refractivity contribution in [3.05, 3.63) is 39.9 Å². The summed E-state index contributed by atoms with van der Waals surface area (Å²) in [5.74, 6) is 1.05. The van der Waals surface area contributed by atoms with Crippen LogP contribution in [0.4, 0.5) is 13.2 Å². The first-order chi connectivity index (χ1) is 14.1. The van der Waals surface area contributed by atoms with Gasteiger partial charge in [0.2, 0.25) is 0 Å². The van der Waals surface area contributed by atoms with Crippen molar-refractivity contribution < 1.29 is 75.4 Å². The molecule has 5 nitrogen and oxygen atoms in total. The number of aliphatic carboxylic acids is 1. The Morgan fingerprint density at radius 1 is 1.33 bits per heavy atom. The second kappa shape index (κ2) is 12.4. The summed E-state index contributed by atoms with van der Waals surface area (Å²) in [5, 5.41) is 19.6. The minimum absolute atomic E-state index is 0. The van der Waals surface area contributed by atoms with Crippen LogP contribution in [0.15, 0.2) is 23.8 Å². The monoisotopic (exact) mass is 490 g/mol. The van der Waals surface area contributed by atoms with Crippen LogP contribution in [0.25, 0.3) is 5.57 Å². The van der Waals surface area contributed by atoms with Gasteiger partial charge in [0, 0.05) is 24.1 Å². The summed E-state index contributed by atoms with van der Waals surface area (Å²) in [4.78, 5) is 22.8. The predicted octanol–water partition coefficient (Wildman–Crippen LogP) is -2.57. The number of allylic oxidation sites excluding steroid dienone is 2. The van der Waals surface area contributed by atoms with Crippen molar-refractivity contribution in [1.82, 2.24) is 0 Å². The van der Waals surface area contributed by atoms with Gasteiger partial charge in [0.25, 0.3) is 0 Å². The first-order valence-electron chi connectivity index (χ1n) is 9.44. The van der Waals surface area contributed by atoms with Gasteiger partial charge in [-0.15, -0.1) is 0 Å². The summed E-state index contributed by atoms with van der Waals surface area (Å²) < 4.78 is 51.3. The third-order valence-corrected chi connectivity index (χ3v) is 6.70. The number of alkyl halides is 3. The minimum Gasteiger partial charge on any atom is -0.790 e. The fourth-order valence-corrected chi connectivity index (χ4v) is 4.90. The molecule has 1 aromatic rings. The van der Waals surface area contributed by atoms with Crippen LogP contribution in [-0.2, 0) is 15.5 Å². The summed E-state index contributed by atoms with van der Waals surface area (Å²) in [6, 6.07) is 3.36. The molecule has 0 aliphatic heterocycles. The minimum atomic E-state index is -4.60. The SMILES string of the molecule is CC1(C)CCCC(c2ccc(C(F)(F)F)c(Cl)c2)=C1C#CP(=O)([O-])C[C@@H](O)CC(=O)[O-].[Li+].[Li+]. The molecular formula is C21H21ClF3Li2O5P. The van der Waals surface area contributed by atoms with Crippen LogP contribution >= 0.6 is 19.0 Å². The normalized spacial score (nSPS) is 18.1. The summed E-state index contributed by atoms with van der Waals surface area (Å²) in [7, 11) is -4.45. The van der Waals surface area contributed by atoms with Crippen LogP contribution in [-0.4, -0.2) is 23.3 Å². The second-order valence-corrected chi connectivity index (χ2v) is 10.4. The Kier molecular flexibility index (Phi) is 12.2. The second-order valence-electron chi connectivity index (χ2n) is 8.11. The number of halogens is 4. The number of aliphatic hydroxyl groups excluding tert-OH is 1. The van der Waals surface area contributed by atoms with Gasteiger partial charge in [0.15, 0.2) is 0 Å². The molecule has 1 unspecified atom stereocenters. The molecule has 170 valence electrons. The van der Waals surface area contributed by atoms with E-state index < -0.39 is 54.2 Å². The van der Waals surface area contributed by atoms with Crippen molar-refractivity contribution in [1.29, 1.82) is 0 Å². The van der Waals surface area contributed by atoms with Crippen LogP contribution in [0.3, 0.4) is 0 Å². The maximum Gasteiger partial charge on any atom is 1.00 e. The quantitative estimate of drug-likeness (QED) is 0.278. The van der Waals surface area contributed by atoms with Gasteiger partial charge in [-0.3, -0.25) is 0 Å². The third-order valence-electron chi connectivity index (χ3n) is 5.03. The number of aliphatic hydroxyl groups is 1. The summed E-state index contributed by atoms with van der Waals surface area (Å²) in [6.45, 7) is 3.70. The van der Waals surface area contributed by atoms with Crippen LogP contribution < -0.4 is 47.7 Å². The summed E-state index contributed by atoms with van der Waals surface area (Å²) in [6.07, 6.45) is -6.03. The number of hydrogen-bond donors (Lipinski definition) is 1. The first-order valence-corrected chi connectivity index (χ1v) is 11.6. The van der Waals surface area contributed by atoms with Crippen LogP contribution in [0, 0.1) is 17.0 Å². The predicted molar refractivity (Wildman–Crippen MR) is 107 cm³/mol. The molecule has 33 heavy (non-hydrogen) atoms. The topological polar surface area (TPSA) is 100 Å². The standard InChI is InChI=1S/C21H23ClF3O5P.2Li/c1-20(2)8-3-4-15(13-5-6-17(18(22)10-13)21(23,24)25)16(20)7-9-31(29,30)12-14(26)11-19(27)28;;/h5-6,10,14,26H,3-4,8,11-12H2,1-2H3,(H,27,28)(H,29,30);;/q;2*+1/p-2/t14-;;/m0../s1. The summed E-state index contributed by atoms with van der Waals surface area (Å²) >= 11 is 5.85. The molecule has 1 aliphatic carbocycles. The van der Waals surface area contributed by atoms with E-state index >= 15 is 0 Å². The van der Waals surface area contributed by atoms with E-state index in [0.29, 0.717) is 29.6 Å². The van der Waals surface area contributed by atoms with Gasteiger partial charge in [-0.05, 0) is 53.6 Å². The van der Waals surface area contributed by atoms with E-state index in [0.717, 1.165) is 12.5 Å². The average Bonchev–Trinajstić information content (AvgIpc) is 2.57. The number of hydrogen-bond acceptors (Lipinski definition) is 5. The van der Waals surface area contributed by atoms with Crippen molar-refractivity contribution in [2.24, 2.45) is 5.41 Å². The average molecular weight is 491 g/mol. The maximum absolute atomic E-state index is 13.0. The van der Waals surface area contributed by atoms with E-state index in [1.807, 2.05) is 13.8 Å². The van der Waals surface area contributed by atoms with Crippen LogP contribution in [0.2, 0.25) is 5.02 Å². The van der Waals surface area contributed by atoms with Crippen molar-refractivity contribution in [3.63, 3.8) is 0 Å². The first kappa shape index (κ1) is 32.4. The Morgan fingerprint density at radius 3 is 2.45 bits per heavy atom. The Bertz CT molecular complexity index is 1020. The van der Waals surface area contributed by atoms with E-state index in [9.17, 15) is 37.6 Å². The molecule has 0 aromatic heterocycles. The summed E-state index contributed by atoms with van der Waals surface area (Å²) in [5.41, 5.74) is 2.12. The van der Waals surface area contributed by atoms with Crippen LogP contribution in [0.5, 0.6) is 0 Å². The van der Waals surface area contributed by atoms with Crippen molar-refractivity contribution in [3.8, 4) is 11.6 Å². The number of carbonyl (C=O) groups excluding carboxylic acids is 1. The zero-order valence-corrected chi connectivity index (χ0v) is 20.5. The molecule has 12 heteroatoms. The van der Waals surface area contributed by atoms with Gasteiger partial charge in [0.1, 0.15) is 0 Å². The van der Waals surface area contributed by atoms with Gasteiger partial charge in [0.05, 0.1) is 24.1 Å². The van der Waals surface area contributed by atoms with Crippen molar-refractivity contribution in [2.75, 3.05) is 6.16 Å². The van der Waals surface area contributed by atoms with E-state index in [-0.39, 0.29) is 37.7 Å². The largest absolute Gasteiger partial charge is 1.00 e. The van der Waals surface area contributed by atoms with E-state index in [4.69, 9.17) is 11.6 Å². The number of carboxylic acid groups (broad SMARTS) is 1. The molecule has 0 radical (unpaired) electrons. The molecule has 2 rings (SSSR count). The zero-order chi connectivity index (χ0) is 23.6. The molecule has 0 saturated heterocycles. The molecule has 1 aliphatic rings. The fraction of sp³-hybridized carbons (Fsp3) is 0.476. The van der Waals surface area contributed by atoms with Crippen LogP contribution in [0.1, 0.15) is 50.7 Å². The Balaban J connectivity index is 0.00000512. The number of carboxylic acids is 1. The number of carbonyl (C=O) groups is 1. The molecule has 1 N–H and O–H groups in total. The molecule has 0 fully saturated rings. The molecule has 0 saturated carbocycles. The third kappa shape index (κ3) is 9.18. The molecule has 1 aromatic carbocycles. The van der Waals surface area contributed by atoms with Gasteiger partial charge in [-0.25, -0.2) is 0 Å². The smallest absolute Gasteiger partial charge is 0.790 e. The number of rotatable bonds is 5. The maximum atomic E-state index is 13.0. The molecule has 0 heterocycles. The molecule has 0 bridgehead atoms. The van der Waals surface area contributed by atoms with E-state index in [2.05, 4.69) is 11.6 Å². The Hall–Kier alpha value is -0.585.